The number of rotatable bonds is 2. The lowest BCUT2D eigenvalue weighted by Crippen LogP contribution is -2.42. The van der Waals surface area contributed by atoms with Crippen LogP contribution in [0.15, 0.2) is 30.3 Å². The summed E-state index contributed by atoms with van der Waals surface area (Å²) in [6.45, 7) is 5.94. The third kappa shape index (κ3) is 2.31. The van der Waals surface area contributed by atoms with Gasteiger partial charge in [-0.3, -0.25) is 0 Å². The second-order valence-corrected chi connectivity index (χ2v) is 8.44. The molecule has 1 aliphatic rings. The van der Waals surface area contributed by atoms with E-state index in [4.69, 9.17) is 0 Å². The minimum atomic E-state index is -3.24. The third-order valence-electron chi connectivity index (χ3n) is 3.47. The maximum Gasteiger partial charge on any atom is 0.219 e. The molecule has 2 rings (SSSR count). The van der Waals surface area contributed by atoms with Crippen LogP contribution in [0.2, 0.25) is 0 Å². The molecule has 1 aliphatic heterocycles. The number of hydrogen-bond acceptors (Lipinski definition) is 2. The van der Waals surface area contributed by atoms with Crippen molar-refractivity contribution in [2.24, 2.45) is 0 Å². The fraction of sp³-hybridized carbons (Fsp3) is 0.571. The van der Waals surface area contributed by atoms with Crippen molar-refractivity contribution in [3.05, 3.63) is 35.9 Å². The minimum Gasteiger partial charge on any atom is -0.212 e. The van der Waals surface area contributed by atoms with Crippen LogP contribution >= 0.6 is 0 Å². The molecule has 1 atom stereocenters. The first-order valence-electron chi connectivity index (χ1n) is 6.40. The number of sulfonamides is 1. The zero-order valence-corrected chi connectivity index (χ0v) is 12.1. The van der Waals surface area contributed by atoms with Crippen LogP contribution in [0.1, 0.15) is 45.2 Å². The van der Waals surface area contributed by atoms with Gasteiger partial charge in [0, 0.05) is 12.6 Å². The first kappa shape index (κ1) is 13.6. The average Bonchev–Trinajstić information content (AvgIpc) is 2.78. The summed E-state index contributed by atoms with van der Waals surface area (Å²) in [5.41, 5.74) is 1.10. The summed E-state index contributed by atoms with van der Waals surface area (Å²) < 4.78 is 26.1. The highest BCUT2D eigenvalue weighted by atomic mass is 32.2. The van der Waals surface area contributed by atoms with E-state index in [1.54, 1.807) is 25.1 Å². The molecular weight excluding hydrogens is 246 g/mol. The van der Waals surface area contributed by atoms with Crippen LogP contribution in [0.3, 0.4) is 0 Å². The van der Waals surface area contributed by atoms with Gasteiger partial charge in [-0.05, 0) is 39.2 Å². The average molecular weight is 267 g/mol. The van der Waals surface area contributed by atoms with Crippen LogP contribution in [0.5, 0.6) is 0 Å². The van der Waals surface area contributed by atoms with Gasteiger partial charge >= 0.3 is 0 Å². The van der Waals surface area contributed by atoms with Crippen LogP contribution < -0.4 is 0 Å². The Balaban J connectivity index is 2.35. The van der Waals surface area contributed by atoms with E-state index in [1.165, 1.54) is 0 Å². The molecule has 1 heterocycles. The second-order valence-electron chi connectivity index (χ2n) is 5.80. The Morgan fingerprint density at radius 1 is 1.17 bits per heavy atom. The molecule has 0 spiro atoms. The molecule has 3 nitrogen and oxygen atoms in total. The van der Waals surface area contributed by atoms with E-state index in [1.807, 2.05) is 30.3 Å². The Morgan fingerprint density at radius 3 is 2.33 bits per heavy atom. The summed E-state index contributed by atoms with van der Waals surface area (Å²) in [7, 11) is -3.24. The van der Waals surface area contributed by atoms with Crippen molar-refractivity contribution in [3.8, 4) is 0 Å². The largest absolute Gasteiger partial charge is 0.219 e. The Bertz CT molecular complexity index is 502. The van der Waals surface area contributed by atoms with Crippen molar-refractivity contribution in [2.75, 3.05) is 6.54 Å². The first-order valence-corrected chi connectivity index (χ1v) is 7.84. The summed E-state index contributed by atoms with van der Waals surface area (Å²) in [5, 5.41) is 0. The number of hydrogen-bond donors (Lipinski definition) is 0. The molecule has 1 saturated heterocycles. The van der Waals surface area contributed by atoms with E-state index in [-0.39, 0.29) is 6.04 Å². The van der Waals surface area contributed by atoms with Gasteiger partial charge < -0.3 is 0 Å². The smallest absolute Gasteiger partial charge is 0.212 e. The standard InChI is InChI=1S/C14H21NO2S/c1-14(2,3)18(16,17)15-11-7-10-13(15)12-8-5-4-6-9-12/h4-6,8-9,13H,7,10-11H2,1-3H3. The van der Waals surface area contributed by atoms with Gasteiger partial charge in [0.25, 0.3) is 0 Å². The van der Waals surface area contributed by atoms with Crippen LogP contribution in [0.4, 0.5) is 0 Å². The van der Waals surface area contributed by atoms with E-state index < -0.39 is 14.8 Å². The molecule has 4 heteroatoms. The highest BCUT2D eigenvalue weighted by Crippen LogP contribution is 2.37. The summed E-state index contributed by atoms with van der Waals surface area (Å²) in [4.78, 5) is 0. The van der Waals surface area contributed by atoms with Gasteiger partial charge in [-0.25, -0.2) is 8.42 Å². The molecular formula is C14H21NO2S. The molecule has 0 amide bonds. The van der Waals surface area contributed by atoms with Crippen LogP contribution in [0, 0.1) is 0 Å². The van der Waals surface area contributed by atoms with Gasteiger partial charge in [0.2, 0.25) is 10.0 Å². The molecule has 0 aliphatic carbocycles. The quantitative estimate of drug-likeness (QED) is 0.826. The molecule has 0 N–H and O–H groups in total. The maximum absolute atomic E-state index is 12.6. The van der Waals surface area contributed by atoms with Gasteiger partial charge in [-0.2, -0.15) is 4.31 Å². The van der Waals surface area contributed by atoms with E-state index >= 15 is 0 Å². The highest BCUT2D eigenvalue weighted by Gasteiger charge is 2.41. The molecule has 0 aromatic heterocycles. The summed E-state index contributed by atoms with van der Waals surface area (Å²) in [6.07, 6.45) is 1.86. The van der Waals surface area contributed by atoms with Gasteiger partial charge in [0.05, 0.1) is 4.75 Å². The Kier molecular flexibility index (Phi) is 3.52. The van der Waals surface area contributed by atoms with Crippen molar-refractivity contribution in [2.45, 2.75) is 44.4 Å². The number of benzene rings is 1. The fourth-order valence-corrected chi connectivity index (χ4v) is 4.02. The monoisotopic (exact) mass is 267 g/mol. The summed E-state index contributed by atoms with van der Waals surface area (Å²) >= 11 is 0. The lowest BCUT2D eigenvalue weighted by atomic mass is 10.1. The van der Waals surface area contributed by atoms with E-state index in [2.05, 4.69) is 0 Å². The predicted octanol–water partition coefficient (Wildman–Crippen LogP) is 2.95. The molecule has 1 aromatic carbocycles. The van der Waals surface area contributed by atoms with Crippen molar-refractivity contribution < 1.29 is 8.42 Å². The third-order valence-corrected chi connectivity index (χ3v) is 6.07. The molecule has 100 valence electrons. The van der Waals surface area contributed by atoms with Crippen molar-refractivity contribution in [1.29, 1.82) is 0 Å². The van der Waals surface area contributed by atoms with Crippen LogP contribution in [-0.4, -0.2) is 24.0 Å². The van der Waals surface area contributed by atoms with Crippen molar-refractivity contribution in [1.82, 2.24) is 4.31 Å². The lowest BCUT2D eigenvalue weighted by Gasteiger charge is -2.31. The zero-order valence-electron chi connectivity index (χ0n) is 11.3. The number of nitrogens with zero attached hydrogens (tertiary/aromatic N) is 1. The first-order chi connectivity index (χ1) is 8.34. The highest BCUT2D eigenvalue weighted by molar-refractivity contribution is 7.90. The van der Waals surface area contributed by atoms with E-state index in [9.17, 15) is 8.42 Å². The topological polar surface area (TPSA) is 37.4 Å². The molecule has 0 bridgehead atoms. The molecule has 1 fully saturated rings. The van der Waals surface area contributed by atoms with Crippen molar-refractivity contribution >= 4 is 10.0 Å². The molecule has 1 aromatic rings. The molecule has 0 radical (unpaired) electrons. The minimum absolute atomic E-state index is 0.00965. The zero-order chi connectivity index (χ0) is 13.4. The van der Waals surface area contributed by atoms with Crippen LogP contribution in [-0.2, 0) is 10.0 Å². The predicted molar refractivity (Wildman–Crippen MR) is 73.8 cm³/mol. The van der Waals surface area contributed by atoms with Crippen LogP contribution in [0.25, 0.3) is 0 Å². The lowest BCUT2D eigenvalue weighted by molar-refractivity contribution is 0.381. The van der Waals surface area contributed by atoms with E-state index in [0.29, 0.717) is 6.54 Å². The van der Waals surface area contributed by atoms with Gasteiger partial charge in [0.1, 0.15) is 0 Å². The Morgan fingerprint density at radius 2 is 1.78 bits per heavy atom. The van der Waals surface area contributed by atoms with Gasteiger partial charge in [-0.15, -0.1) is 0 Å². The van der Waals surface area contributed by atoms with Crippen molar-refractivity contribution in [3.63, 3.8) is 0 Å². The SMILES string of the molecule is CC(C)(C)S(=O)(=O)N1CCCC1c1ccccc1. The Hall–Kier alpha value is -0.870. The second kappa shape index (κ2) is 4.67. The normalized spacial score (nSPS) is 22.3. The molecule has 0 saturated carbocycles. The fourth-order valence-electron chi connectivity index (χ4n) is 2.39. The van der Waals surface area contributed by atoms with Gasteiger partial charge in [-0.1, -0.05) is 30.3 Å². The molecule has 1 unspecified atom stereocenters. The summed E-state index contributed by atoms with van der Waals surface area (Å²) in [5.74, 6) is 0. The van der Waals surface area contributed by atoms with Gasteiger partial charge in [0.15, 0.2) is 0 Å². The molecule has 18 heavy (non-hydrogen) atoms. The maximum atomic E-state index is 12.6. The Labute approximate surface area is 110 Å². The summed E-state index contributed by atoms with van der Waals surface area (Å²) in [6, 6.07) is 9.93. The van der Waals surface area contributed by atoms with E-state index in [0.717, 1.165) is 18.4 Å².